The zero-order chi connectivity index (χ0) is 21.1. The van der Waals surface area contributed by atoms with Crippen LogP contribution in [0.1, 0.15) is 28.4 Å². The molecule has 1 unspecified atom stereocenters. The van der Waals surface area contributed by atoms with E-state index in [0.29, 0.717) is 28.2 Å². The molecule has 1 aromatic heterocycles. The summed E-state index contributed by atoms with van der Waals surface area (Å²) in [7, 11) is 1.59. The van der Waals surface area contributed by atoms with Crippen molar-refractivity contribution in [3.8, 4) is 5.75 Å². The summed E-state index contributed by atoms with van der Waals surface area (Å²) < 4.78 is 5.19. The monoisotopic (exact) mass is 398 g/mol. The number of rotatable bonds is 5. The second kappa shape index (κ2) is 8.35. The van der Waals surface area contributed by atoms with Crippen LogP contribution >= 0.6 is 0 Å². The van der Waals surface area contributed by atoms with Gasteiger partial charge < -0.3 is 15.2 Å². The van der Waals surface area contributed by atoms with Crippen molar-refractivity contribution < 1.29 is 14.6 Å². The van der Waals surface area contributed by atoms with Crippen molar-refractivity contribution in [3.63, 3.8) is 0 Å². The molecule has 0 aliphatic carbocycles. The summed E-state index contributed by atoms with van der Waals surface area (Å²) in [6.07, 6.45) is 4.22. The second-order valence-corrected chi connectivity index (χ2v) is 7.12. The summed E-state index contributed by atoms with van der Waals surface area (Å²) >= 11 is 0. The van der Waals surface area contributed by atoms with E-state index in [-0.39, 0.29) is 5.91 Å². The van der Waals surface area contributed by atoms with Gasteiger partial charge in [-0.05, 0) is 54.0 Å². The molecule has 0 spiro atoms. The van der Waals surface area contributed by atoms with E-state index in [1.165, 1.54) is 0 Å². The number of carbonyl (C=O) groups excluding carboxylic acids is 1. The number of nitrogens with zero attached hydrogens (tertiary/aromatic N) is 1. The molecule has 0 saturated heterocycles. The molecule has 150 valence electrons. The Morgan fingerprint density at radius 1 is 1.00 bits per heavy atom. The summed E-state index contributed by atoms with van der Waals surface area (Å²) in [6.45, 7) is 2.01. The van der Waals surface area contributed by atoms with Crippen LogP contribution in [0.5, 0.6) is 5.75 Å². The number of ether oxygens (including phenoxy) is 1. The number of nitrogens with one attached hydrogen (secondary N) is 1. The third-order valence-electron chi connectivity index (χ3n) is 5.09. The van der Waals surface area contributed by atoms with Crippen LogP contribution in [0, 0.1) is 6.92 Å². The average molecular weight is 398 g/mol. The van der Waals surface area contributed by atoms with Crippen molar-refractivity contribution in [2.45, 2.75) is 13.0 Å². The number of aliphatic hydroxyl groups excluding tert-OH is 1. The Morgan fingerprint density at radius 3 is 2.30 bits per heavy atom. The first-order chi connectivity index (χ1) is 14.6. The Morgan fingerprint density at radius 2 is 1.67 bits per heavy atom. The zero-order valence-electron chi connectivity index (χ0n) is 16.8. The molecule has 0 saturated carbocycles. The first-order valence-electron chi connectivity index (χ1n) is 9.63. The molecule has 1 amide bonds. The molecular formula is C25H22N2O3. The molecule has 2 aromatic carbocycles. The number of aromatic nitrogens is 1. The highest BCUT2D eigenvalue weighted by molar-refractivity contribution is 6.13. The Kier molecular flexibility index (Phi) is 5.46. The number of benzene rings is 2. The van der Waals surface area contributed by atoms with E-state index in [0.717, 1.165) is 16.7 Å². The maximum absolute atomic E-state index is 13.0. The van der Waals surface area contributed by atoms with Gasteiger partial charge in [0, 0.05) is 18.0 Å². The number of methoxy groups -OCH3 is 1. The van der Waals surface area contributed by atoms with E-state index in [1.807, 2.05) is 49.4 Å². The summed E-state index contributed by atoms with van der Waals surface area (Å²) in [5, 5.41) is 14.1. The van der Waals surface area contributed by atoms with Crippen molar-refractivity contribution >= 4 is 17.6 Å². The molecule has 30 heavy (non-hydrogen) atoms. The fraction of sp³-hybridized carbons (Fsp3) is 0.120. The standard InChI is InChI=1S/C25H22N2O3/c1-16-3-5-18(6-4-16)22-21(15-17-11-13-26-14-12-17)27-25(29)23(22)24(28)19-7-9-20(30-2)10-8-19/h3-15,24,28H,1-2H3,(H,27,29)/b21-15-. The second-order valence-electron chi connectivity index (χ2n) is 7.12. The van der Waals surface area contributed by atoms with Gasteiger partial charge in [0.1, 0.15) is 11.9 Å². The zero-order valence-corrected chi connectivity index (χ0v) is 16.8. The van der Waals surface area contributed by atoms with Gasteiger partial charge in [-0.25, -0.2) is 0 Å². The lowest BCUT2D eigenvalue weighted by Crippen LogP contribution is -2.19. The third-order valence-corrected chi connectivity index (χ3v) is 5.09. The minimum atomic E-state index is -1.07. The van der Waals surface area contributed by atoms with Gasteiger partial charge >= 0.3 is 0 Å². The largest absolute Gasteiger partial charge is 0.497 e. The first-order valence-corrected chi connectivity index (χ1v) is 9.63. The predicted octanol–water partition coefficient (Wildman–Crippen LogP) is 4.06. The molecular weight excluding hydrogens is 376 g/mol. The van der Waals surface area contributed by atoms with Crippen molar-refractivity contribution in [2.24, 2.45) is 0 Å². The van der Waals surface area contributed by atoms with Gasteiger partial charge in [-0.3, -0.25) is 9.78 Å². The molecule has 2 N–H and O–H groups in total. The van der Waals surface area contributed by atoms with E-state index in [1.54, 1.807) is 43.8 Å². The van der Waals surface area contributed by atoms with Gasteiger partial charge in [-0.1, -0.05) is 42.0 Å². The van der Waals surface area contributed by atoms with Crippen molar-refractivity contribution in [2.75, 3.05) is 7.11 Å². The third kappa shape index (κ3) is 3.88. The van der Waals surface area contributed by atoms with Gasteiger partial charge in [0.2, 0.25) is 0 Å². The quantitative estimate of drug-likeness (QED) is 0.680. The number of hydrogen-bond acceptors (Lipinski definition) is 4. The Labute approximate surface area is 175 Å². The summed E-state index contributed by atoms with van der Waals surface area (Å²) in [4.78, 5) is 17.0. The van der Waals surface area contributed by atoms with Crippen LogP contribution in [0.2, 0.25) is 0 Å². The van der Waals surface area contributed by atoms with Crippen LogP contribution < -0.4 is 10.1 Å². The SMILES string of the molecule is COc1ccc(C(O)C2=C(c3ccc(C)cc3)/C(=C/c3ccncc3)NC2=O)cc1. The number of aryl methyl sites for hydroxylation is 1. The minimum Gasteiger partial charge on any atom is -0.497 e. The van der Waals surface area contributed by atoms with Crippen molar-refractivity contribution in [1.82, 2.24) is 10.3 Å². The number of carbonyl (C=O) groups is 1. The maximum Gasteiger partial charge on any atom is 0.255 e. The van der Waals surface area contributed by atoms with Crippen LogP contribution in [-0.4, -0.2) is 23.1 Å². The van der Waals surface area contributed by atoms with Crippen LogP contribution in [0.3, 0.4) is 0 Å². The number of amides is 1. The fourth-order valence-corrected chi connectivity index (χ4v) is 3.49. The molecule has 0 bridgehead atoms. The lowest BCUT2D eigenvalue weighted by atomic mass is 9.92. The highest BCUT2D eigenvalue weighted by atomic mass is 16.5. The molecule has 4 rings (SSSR count). The van der Waals surface area contributed by atoms with E-state index in [2.05, 4.69) is 10.3 Å². The van der Waals surface area contributed by atoms with E-state index >= 15 is 0 Å². The molecule has 1 aliphatic heterocycles. The topological polar surface area (TPSA) is 71.5 Å². The molecule has 5 nitrogen and oxygen atoms in total. The van der Waals surface area contributed by atoms with Gasteiger partial charge in [0.05, 0.1) is 18.4 Å². The molecule has 0 fully saturated rings. The van der Waals surface area contributed by atoms with Crippen molar-refractivity contribution in [3.05, 3.63) is 107 Å². The number of pyridine rings is 1. The average Bonchev–Trinajstić information content (AvgIpc) is 3.10. The maximum atomic E-state index is 13.0. The van der Waals surface area contributed by atoms with Crippen molar-refractivity contribution in [1.29, 1.82) is 0 Å². The highest BCUT2D eigenvalue weighted by Gasteiger charge is 2.33. The van der Waals surface area contributed by atoms with Crippen LogP contribution in [0.15, 0.2) is 84.3 Å². The molecule has 5 heteroatoms. The Hall–Kier alpha value is -3.70. The first kappa shape index (κ1) is 19.6. The van der Waals surface area contributed by atoms with Crippen LogP contribution in [-0.2, 0) is 4.79 Å². The lowest BCUT2D eigenvalue weighted by molar-refractivity contribution is -0.117. The van der Waals surface area contributed by atoms with Gasteiger partial charge in [-0.2, -0.15) is 0 Å². The molecule has 1 atom stereocenters. The van der Waals surface area contributed by atoms with Crippen LogP contribution in [0.4, 0.5) is 0 Å². The number of hydrogen-bond donors (Lipinski definition) is 2. The molecule has 1 aliphatic rings. The number of allylic oxidation sites excluding steroid dienone is 1. The van der Waals surface area contributed by atoms with E-state index < -0.39 is 6.10 Å². The van der Waals surface area contributed by atoms with Gasteiger partial charge in [0.25, 0.3) is 5.91 Å². The summed E-state index contributed by atoms with van der Waals surface area (Å²) in [5.74, 6) is 0.377. The fourth-order valence-electron chi connectivity index (χ4n) is 3.49. The Bertz CT molecular complexity index is 1120. The molecule has 2 heterocycles. The summed E-state index contributed by atoms with van der Waals surface area (Å²) in [6, 6.07) is 18.7. The predicted molar refractivity (Wildman–Crippen MR) is 116 cm³/mol. The molecule has 3 aromatic rings. The van der Waals surface area contributed by atoms with Gasteiger partial charge in [-0.15, -0.1) is 0 Å². The lowest BCUT2D eigenvalue weighted by Gasteiger charge is -2.14. The van der Waals surface area contributed by atoms with E-state index in [9.17, 15) is 9.90 Å². The minimum absolute atomic E-state index is 0.311. The smallest absolute Gasteiger partial charge is 0.255 e. The summed E-state index contributed by atoms with van der Waals surface area (Å²) in [5.41, 5.74) is 5.18. The normalized spacial score (nSPS) is 16.0. The van der Waals surface area contributed by atoms with Crippen LogP contribution in [0.25, 0.3) is 11.6 Å². The van der Waals surface area contributed by atoms with Gasteiger partial charge in [0.15, 0.2) is 0 Å². The molecule has 0 radical (unpaired) electrons. The Balaban J connectivity index is 1.85. The highest BCUT2D eigenvalue weighted by Crippen LogP contribution is 2.38. The number of aliphatic hydroxyl groups is 1. The van der Waals surface area contributed by atoms with E-state index in [4.69, 9.17) is 4.74 Å².